The molecular weight excluding hydrogens is 368 g/mol. The summed E-state index contributed by atoms with van der Waals surface area (Å²) >= 11 is 0. The van der Waals surface area contributed by atoms with Crippen molar-refractivity contribution in [2.45, 2.75) is 45.2 Å². The van der Waals surface area contributed by atoms with Gasteiger partial charge in [0.15, 0.2) is 22.9 Å². The molecule has 0 spiro atoms. The van der Waals surface area contributed by atoms with Crippen LogP contribution in [0.3, 0.4) is 0 Å². The fourth-order valence-electron chi connectivity index (χ4n) is 4.18. The summed E-state index contributed by atoms with van der Waals surface area (Å²) in [5.41, 5.74) is 4.62. The van der Waals surface area contributed by atoms with Crippen LogP contribution < -0.4 is 0 Å². The highest BCUT2D eigenvalue weighted by molar-refractivity contribution is 6.67. The number of imidazole rings is 1. The van der Waals surface area contributed by atoms with E-state index in [2.05, 4.69) is 21.0 Å². The van der Waals surface area contributed by atoms with E-state index in [-0.39, 0.29) is 18.1 Å². The summed E-state index contributed by atoms with van der Waals surface area (Å²) in [7, 11) is 0. The van der Waals surface area contributed by atoms with Gasteiger partial charge < -0.3 is 4.42 Å². The second kappa shape index (κ2) is 6.69. The van der Waals surface area contributed by atoms with Crippen molar-refractivity contribution in [2.24, 2.45) is 0 Å². The molecule has 0 unspecified atom stereocenters. The van der Waals surface area contributed by atoms with Gasteiger partial charge in [-0.25, -0.2) is 24.1 Å². The Kier molecular flexibility index (Phi) is 4.12. The first-order chi connectivity index (χ1) is 14.0. The first-order valence-electron chi connectivity index (χ1n) is 9.85. The van der Waals surface area contributed by atoms with E-state index in [1.807, 2.05) is 26.1 Å². The van der Waals surface area contributed by atoms with Gasteiger partial charge in [-0.05, 0) is 50.5 Å². The summed E-state index contributed by atoms with van der Waals surface area (Å²) < 4.78 is 22.5. The van der Waals surface area contributed by atoms with Crippen LogP contribution in [0.1, 0.15) is 35.9 Å². The van der Waals surface area contributed by atoms with Crippen molar-refractivity contribution in [3.63, 3.8) is 0 Å². The number of aromatic nitrogens is 4. The van der Waals surface area contributed by atoms with Crippen LogP contribution in [0.15, 0.2) is 28.8 Å². The quantitative estimate of drug-likeness (QED) is 0.465. The van der Waals surface area contributed by atoms with E-state index in [4.69, 9.17) is 9.68 Å². The molecule has 4 aromatic rings. The maximum absolute atomic E-state index is 14.8. The third-order valence-corrected chi connectivity index (χ3v) is 5.75. The van der Waals surface area contributed by atoms with E-state index in [1.54, 1.807) is 10.6 Å². The topological polar surface area (TPSA) is 80.0 Å². The van der Waals surface area contributed by atoms with Crippen molar-refractivity contribution in [3.05, 3.63) is 47.4 Å². The average molecular weight is 387 g/mol. The van der Waals surface area contributed by atoms with E-state index in [1.165, 1.54) is 6.07 Å². The summed E-state index contributed by atoms with van der Waals surface area (Å²) in [6.45, 7) is 3.99. The average Bonchev–Trinajstić information content (AvgIpc) is 3.31. The lowest BCUT2D eigenvalue weighted by Crippen LogP contribution is -2.18. The van der Waals surface area contributed by atoms with Crippen LogP contribution in [-0.2, 0) is 0 Å². The van der Waals surface area contributed by atoms with E-state index in [0.29, 0.717) is 22.7 Å². The van der Waals surface area contributed by atoms with Crippen molar-refractivity contribution in [3.8, 4) is 17.2 Å². The zero-order valence-corrected chi connectivity index (χ0v) is 16.3. The number of fused-ring (bicyclic) bond motifs is 2. The number of nitrogens with zero attached hydrogens (tertiary/aromatic N) is 5. The van der Waals surface area contributed by atoms with Gasteiger partial charge in [0.05, 0.1) is 17.6 Å². The predicted molar refractivity (Wildman–Crippen MR) is 108 cm³/mol. The molecule has 29 heavy (non-hydrogen) atoms. The van der Waals surface area contributed by atoms with Gasteiger partial charge in [-0.15, -0.1) is 0 Å². The first kappa shape index (κ1) is 17.9. The standard InChI is InChI=1S/C21H19BFN5O/c1-12-7-17(27-28-10-13(2)25-20(12)28)15-8-16(23)19-18(9-15)29-21(26-19)14-3-5-22(11-24)6-4-14/h7-10,14H,3-6H2,1-2H3. The number of oxazole rings is 1. The van der Waals surface area contributed by atoms with Gasteiger partial charge in [-0.2, -0.15) is 5.10 Å². The van der Waals surface area contributed by atoms with Crippen LogP contribution in [-0.4, -0.2) is 26.3 Å². The number of nitriles is 1. The molecule has 0 saturated carbocycles. The Morgan fingerprint density at radius 1 is 1.21 bits per heavy atom. The van der Waals surface area contributed by atoms with E-state index in [0.717, 1.165) is 42.4 Å². The van der Waals surface area contributed by atoms with E-state index < -0.39 is 5.82 Å². The Morgan fingerprint density at radius 3 is 2.76 bits per heavy atom. The van der Waals surface area contributed by atoms with E-state index >= 15 is 0 Å². The maximum atomic E-state index is 14.8. The lowest BCUT2D eigenvalue weighted by Gasteiger charge is -2.19. The second-order valence-electron chi connectivity index (χ2n) is 7.90. The molecule has 0 bridgehead atoms. The highest BCUT2D eigenvalue weighted by Gasteiger charge is 2.28. The molecule has 8 heteroatoms. The van der Waals surface area contributed by atoms with Gasteiger partial charge in [-0.1, -0.05) is 12.6 Å². The monoisotopic (exact) mass is 387 g/mol. The Hall–Kier alpha value is -3.21. The van der Waals surface area contributed by atoms with Crippen LogP contribution in [0.25, 0.3) is 28.0 Å². The fraction of sp³-hybridized carbons (Fsp3) is 0.333. The van der Waals surface area contributed by atoms with E-state index in [9.17, 15) is 4.39 Å². The molecule has 4 heterocycles. The molecular formula is C21H19BFN5O. The minimum Gasteiger partial charge on any atom is -0.440 e. The minimum atomic E-state index is -0.417. The van der Waals surface area contributed by atoms with Gasteiger partial charge in [0.25, 0.3) is 6.71 Å². The molecule has 1 aliphatic rings. The molecule has 1 aromatic carbocycles. The first-order valence-corrected chi connectivity index (χ1v) is 9.85. The van der Waals surface area contributed by atoms with Crippen molar-refractivity contribution >= 4 is 23.5 Å². The number of rotatable bonds is 2. The number of hydrogen-bond acceptors (Lipinski definition) is 5. The molecule has 5 rings (SSSR count). The predicted octanol–water partition coefficient (Wildman–Crippen LogP) is 4.73. The molecule has 0 amide bonds. The highest BCUT2D eigenvalue weighted by Crippen LogP contribution is 2.36. The normalized spacial score (nSPS) is 15.3. The van der Waals surface area contributed by atoms with Crippen LogP contribution in [0.4, 0.5) is 4.39 Å². The van der Waals surface area contributed by atoms with Gasteiger partial charge in [-0.3, -0.25) is 0 Å². The smallest absolute Gasteiger partial charge is 0.267 e. The third-order valence-electron chi connectivity index (χ3n) is 5.75. The molecule has 0 radical (unpaired) electrons. The molecule has 6 nitrogen and oxygen atoms in total. The molecule has 1 aliphatic heterocycles. The summed E-state index contributed by atoms with van der Waals surface area (Å²) in [4.78, 5) is 8.89. The summed E-state index contributed by atoms with van der Waals surface area (Å²) in [5.74, 6) is 2.62. The molecule has 1 saturated heterocycles. The zero-order valence-electron chi connectivity index (χ0n) is 16.3. The molecule has 0 atom stereocenters. The lowest BCUT2D eigenvalue weighted by atomic mass is 9.42. The summed E-state index contributed by atoms with van der Waals surface area (Å²) in [5, 5.41) is 13.7. The van der Waals surface area contributed by atoms with Crippen molar-refractivity contribution in [1.29, 1.82) is 5.26 Å². The van der Waals surface area contributed by atoms with Crippen LogP contribution >= 0.6 is 0 Å². The number of aryl methyl sites for hydroxylation is 2. The van der Waals surface area contributed by atoms with Crippen molar-refractivity contribution in [2.75, 3.05) is 0 Å². The highest BCUT2D eigenvalue weighted by atomic mass is 19.1. The maximum Gasteiger partial charge on any atom is 0.267 e. The largest absolute Gasteiger partial charge is 0.440 e. The van der Waals surface area contributed by atoms with Gasteiger partial charge in [0.1, 0.15) is 5.52 Å². The molecule has 1 fully saturated rings. The van der Waals surface area contributed by atoms with Gasteiger partial charge in [0.2, 0.25) is 0 Å². The Labute approximate surface area is 167 Å². The van der Waals surface area contributed by atoms with Gasteiger partial charge >= 0.3 is 0 Å². The van der Waals surface area contributed by atoms with Crippen LogP contribution in [0, 0.1) is 30.9 Å². The Bertz CT molecular complexity index is 1280. The minimum absolute atomic E-state index is 0.106. The number of benzene rings is 1. The second-order valence-corrected chi connectivity index (χ2v) is 7.90. The molecule has 0 N–H and O–H groups in total. The fourth-order valence-corrected chi connectivity index (χ4v) is 4.18. The third kappa shape index (κ3) is 3.07. The molecule has 3 aromatic heterocycles. The van der Waals surface area contributed by atoms with Crippen molar-refractivity contribution in [1.82, 2.24) is 19.6 Å². The van der Waals surface area contributed by atoms with Crippen LogP contribution in [0.2, 0.25) is 12.6 Å². The zero-order chi connectivity index (χ0) is 20.1. The molecule has 0 aliphatic carbocycles. The SMILES string of the molecule is Cc1cn2nc(-c3cc(F)c4nc(C5CCB(C#N)CC5)oc4c3)cc(C)c2n1. The van der Waals surface area contributed by atoms with Gasteiger partial charge in [0, 0.05) is 17.4 Å². The number of halogens is 1. The summed E-state index contributed by atoms with van der Waals surface area (Å²) in [6, 6.07) is 5.16. The lowest BCUT2D eigenvalue weighted by molar-refractivity contribution is 0.445. The number of hydrogen-bond donors (Lipinski definition) is 0. The molecule has 144 valence electrons. The Balaban J connectivity index is 1.54. The summed E-state index contributed by atoms with van der Waals surface area (Å²) in [6.07, 6.45) is 5.21. The Morgan fingerprint density at radius 2 is 2.00 bits per heavy atom. The van der Waals surface area contributed by atoms with Crippen molar-refractivity contribution < 1.29 is 8.81 Å². The van der Waals surface area contributed by atoms with Crippen LogP contribution in [0.5, 0.6) is 0 Å².